The summed E-state index contributed by atoms with van der Waals surface area (Å²) in [6.07, 6.45) is 0. The van der Waals surface area contributed by atoms with Crippen molar-refractivity contribution in [2.24, 2.45) is 0 Å². The molecular weight excluding hydrogens is 306 g/mol. The topological polar surface area (TPSA) is 111 Å². The van der Waals surface area contributed by atoms with E-state index in [1.54, 1.807) is 18.2 Å². The summed E-state index contributed by atoms with van der Waals surface area (Å²) in [5.74, 6) is 0.202. The highest BCUT2D eigenvalue weighted by Crippen LogP contribution is 2.25. The first kappa shape index (κ1) is 15.6. The van der Waals surface area contributed by atoms with Crippen molar-refractivity contribution in [3.8, 4) is 5.75 Å². The number of nitrogens with one attached hydrogen (secondary N) is 2. The highest BCUT2D eigenvalue weighted by molar-refractivity contribution is 7.87. The summed E-state index contributed by atoms with van der Waals surface area (Å²) in [7, 11) is -2.54. The minimum atomic E-state index is -3.99. The standard InChI is InChI=1S/C14H15N3O4S/c1-16-14(18)17-13-8-7-11(9-12(13)15)22(19,20)21-10-5-3-2-4-6-10/h2-9H,15H2,1H3,(H2,16,17,18). The molecule has 0 saturated carbocycles. The number of hydrogen-bond donors (Lipinski definition) is 3. The molecule has 4 N–H and O–H groups in total. The Morgan fingerprint density at radius 2 is 1.82 bits per heavy atom. The van der Waals surface area contributed by atoms with Crippen molar-refractivity contribution in [1.29, 1.82) is 0 Å². The molecule has 8 heteroatoms. The second kappa shape index (κ2) is 6.35. The van der Waals surface area contributed by atoms with Crippen LogP contribution in [-0.2, 0) is 10.1 Å². The second-order valence-corrected chi connectivity index (χ2v) is 5.85. The Kier molecular flexibility index (Phi) is 4.52. The monoisotopic (exact) mass is 321 g/mol. The molecule has 0 aliphatic heterocycles. The van der Waals surface area contributed by atoms with Crippen molar-refractivity contribution < 1.29 is 17.4 Å². The van der Waals surface area contributed by atoms with Crippen LogP contribution in [0.1, 0.15) is 0 Å². The average molecular weight is 321 g/mol. The van der Waals surface area contributed by atoms with Crippen LogP contribution < -0.4 is 20.6 Å². The molecule has 0 unspecified atom stereocenters. The Bertz CT molecular complexity index is 776. The molecule has 0 spiro atoms. The van der Waals surface area contributed by atoms with Crippen molar-refractivity contribution in [2.75, 3.05) is 18.1 Å². The molecule has 0 aliphatic carbocycles. The van der Waals surface area contributed by atoms with Gasteiger partial charge in [-0.3, -0.25) is 0 Å². The fourth-order valence-electron chi connectivity index (χ4n) is 1.65. The van der Waals surface area contributed by atoms with E-state index in [-0.39, 0.29) is 16.3 Å². The van der Waals surface area contributed by atoms with Gasteiger partial charge in [-0.15, -0.1) is 0 Å². The first-order valence-electron chi connectivity index (χ1n) is 6.30. The second-order valence-electron chi connectivity index (χ2n) is 4.30. The van der Waals surface area contributed by atoms with E-state index in [2.05, 4.69) is 10.6 Å². The van der Waals surface area contributed by atoms with Gasteiger partial charge < -0.3 is 20.6 Å². The Hall–Kier alpha value is -2.74. The molecule has 2 rings (SSSR count). The summed E-state index contributed by atoms with van der Waals surface area (Å²) in [4.78, 5) is 11.1. The van der Waals surface area contributed by atoms with E-state index in [4.69, 9.17) is 9.92 Å². The Morgan fingerprint density at radius 1 is 1.14 bits per heavy atom. The van der Waals surface area contributed by atoms with Crippen molar-refractivity contribution in [2.45, 2.75) is 4.90 Å². The highest BCUT2D eigenvalue weighted by Gasteiger charge is 2.18. The van der Waals surface area contributed by atoms with E-state index < -0.39 is 16.1 Å². The van der Waals surface area contributed by atoms with E-state index in [0.717, 1.165) is 0 Å². The summed E-state index contributed by atoms with van der Waals surface area (Å²) in [5.41, 5.74) is 6.17. The minimum absolute atomic E-state index is 0.101. The Balaban J connectivity index is 2.25. The molecule has 2 aromatic rings. The third-order valence-electron chi connectivity index (χ3n) is 2.74. The van der Waals surface area contributed by atoms with Crippen LogP contribution in [0.2, 0.25) is 0 Å². The fraction of sp³-hybridized carbons (Fsp3) is 0.0714. The third kappa shape index (κ3) is 3.67. The molecule has 0 aromatic heterocycles. The number of carbonyl (C=O) groups excluding carboxylic acids is 1. The van der Waals surface area contributed by atoms with Crippen LogP contribution in [0.15, 0.2) is 53.4 Å². The van der Waals surface area contributed by atoms with Gasteiger partial charge in [0.05, 0.1) is 11.4 Å². The van der Waals surface area contributed by atoms with Gasteiger partial charge in [0.25, 0.3) is 0 Å². The molecular formula is C14H15N3O4S. The van der Waals surface area contributed by atoms with Gasteiger partial charge in [-0.1, -0.05) is 18.2 Å². The quantitative estimate of drug-likeness (QED) is 0.587. The molecule has 2 amide bonds. The zero-order chi connectivity index (χ0) is 16.2. The average Bonchev–Trinajstić information content (AvgIpc) is 2.49. The number of urea groups is 1. The summed E-state index contributed by atoms with van der Waals surface area (Å²) in [5, 5.41) is 4.85. The van der Waals surface area contributed by atoms with E-state index in [0.29, 0.717) is 5.69 Å². The van der Waals surface area contributed by atoms with Gasteiger partial charge in [-0.25, -0.2) is 4.79 Å². The highest BCUT2D eigenvalue weighted by atomic mass is 32.2. The SMILES string of the molecule is CNC(=O)Nc1ccc(S(=O)(=O)Oc2ccccc2)cc1N. The number of amides is 2. The van der Waals surface area contributed by atoms with E-state index in [1.165, 1.54) is 37.4 Å². The van der Waals surface area contributed by atoms with Gasteiger partial charge in [0, 0.05) is 7.05 Å². The van der Waals surface area contributed by atoms with Gasteiger partial charge in [-0.05, 0) is 30.3 Å². The van der Waals surface area contributed by atoms with Gasteiger partial charge in [0.1, 0.15) is 10.6 Å². The summed E-state index contributed by atoms with van der Waals surface area (Å²) < 4.78 is 29.3. The molecule has 0 radical (unpaired) electrons. The summed E-state index contributed by atoms with van der Waals surface area (Å²) in [6.45, 7) is 0. The predicted molar refractivity (Wildman–Crippen MR) is 83.2 cm³/mol. The van der Waals surface area contributed by atoms with Crippen LogP contribution in [0.3, 0.4) is 0 Å². The summed E-state index contributed by atoms with van der Waals surface area (Å²) in [6, 6.07) is 11.6. The van der Waals surface area contributed by atoms with Crippen LogP contribution >= 0.6 is 0 Å². The number of anilines is 2. The van der Waals surface area contributed by atoms with Crippen LogP contribution in [0.4, 0.5) is 16.2 Å². The maximum Gasteiger partial charge on any atom is 0.339 e. The number of rotatable bonds is 4. The number of carbonyl (C=O) groups is 1. The molecule has 0 fully saturated rings. The lowest BCUT2D eigenvalue weighted by Crippen LogP contribution is -2.25. The Labute approximate surface area is 128 Å². The van der Waals surface area contributed by atoms with Gasteiger partial charge in [0.15, 0.2) is 0 Å². The molecule has 22 heavy (non-hydrogen) atoms. The molecule has 0 heterocycles. The van der Waals surface area contributed by atoms with Crippen molar-refractivity contribution >= 4 is 27.5 Å². The minimum Gasteiger partial charge on any atom is -0.397 e. The first-order valence-corrected chi connectivity index (χ1v) is 7.71. The van der Waals surface area contributed by atoms with Crippen molar-refractivity contribution in [3.05, 3.63) is 48.5 Å². The van der Waals surface area contributed by atoms with Gasteiger partial charge in [-0.2, -0.15) is 8.42 Å². The van der Waals surface area contributed by atoms with Crippen molar-refractivity contribution in [1.82, 2.24) is 5.32 Å². The van der Waals surface area contributed by atoms with E-state index >= 15 is 0 Å². The lowest BCUT2D eigenvalue weighted by atomic mass is 10.3. The predicted octanol–water partition coefficient (Wildman–Crippen LogP) is 1.79. The van der Waals surface area contributed by atoms with Gasteiger partial charge >= 0.3 is 16.1 Å². The van der Waals surface area contributed by atoms with E-state index in [1.807, 2.05) is 0 Å². The zero-order valence-electron chi connectivity index (χ0n) is 11.7. The number of nitrogens with two attached hydrogens (primary N) is 1. The molecule has 2 aromatic carbocycles. The molecule has 0 saturated heterocycles. The largest absolute Gasteiger partial charge is 0.397 e. The number of nitrogen functional groups attached to an aromatic ring is 1. The van der Waals surface area contributed by atoms with Crippen molar-refractivity contribution in [3.63, 3.8) is 0 Å². The first-order chi connectivity index (χ1) is 10.4. The van der Waals surface area contributed by atoms with Crippen LogP contribution in [0, 0.1) is 0 Å². The number of para-hydroxylation sites is 1. The molecule has 7 nitrogen and oxygen atoms in total. The van der Waals surface area contributed by atoms with Crippen LogP contribution in [0.5, 0.6) is 5.75 Å². The maximum atomic E-state index is 12.2. The van der Waals surface area contributed by atoms with Crippen LogP contribution in [-0.4, -0.2) is 21.5 Å². The number of hydrogen-bond acceptors (Lipinski definition) is 5. The van der Waals surface area contributed by atoms with Crippen LogP contribution in [0.25, 0.3) is 0 Å². The third-order valence-corrected chi connectivity index (χ3v) is 3.98. The molecule has 0 bridgehead atoms. The smallest absolute Gasteiger partial charge is 0.339 e. The summed E-state index contributed by atoms with van der Waals surface area (Å²) >= 11 is 0. The zero-order valence-corrected chi connectivity index (χ0v) is 12.6. The molecule has 0 atom stereocenters. The lowest BCUT2D eigenvalue weighted by molar-refractivity contribution is 0.254. The number of benzene rings is 2. The maximum absolute atomic E-state index is 12.2. The molecule has 0 aliphatic rings. The Morgan fingerprint density at radius 3 is 2.41 bits per heavy atom. The fourth-order valence-corrected chi connectivity index (χ4v) is 2.61. The lowest BCUT2D eigenvalue weighted by Gasteiger charge is -2.11. The molecule has 116 valence electrons. The normalized spacial score (nSPS) is 10.8. The van der Waals surface area contributed by atoms with Gasteiger partial charge in [0.2, 0.25) is 0 Å². The van der Waals surface area contributed by atoms with E-state index in [9.17, 15) is 13.2 Å².